The lowest BCUT2D eigenvalue weighted by Gasteiger charge is -2.25. The van der Waals surface area contributed by atoms with Crippen molar-refractivity contribution in [2.75, 3.05) is 0 Å². The third-order valence-electron chi connectivity index (χ3n) is 4.52. The first-order valence-corrected chi connectivity index (χ1v) is 7.59. The number of fused-ring (bicyclic) bond motifs is 3. The van der Waals surface area contributed by atoms with Gasteiger partial charge in [0.2, 0.25) is 5.58 Å². The molecule has 1 aliphatic carbocycles. The van der Waals surface area contributed by atoms with Crippen molar-refractivity contribution >= 4 is 35.4 Å². The second kappa shape index (κ2) is 4.99. The van der Waals surface area contributed by atoms with Crippen molar-refractivity contribution in [1.82, 2.24) is 9.97 Å². The fraction of sp³-hybridized carbons (Fsp3) is 0.375. The van der Waals surface area contributed by atoms with Crippen LogP contribution < -0.4 is 16.8 Å². The minimum Gasteiger partial charge on any atom is -0.449 e. The Morgan fingerprint density at radius 3 is 2.82 bits per heavy atom. The number of hydrogen-bond acceptors (Lipinski definition) is 4. The van der Waals surface area contributed by atoms with Crippen LogP contribution in [0.4, 0.5) is 0 Å². The highest BCUT2D eigenvalue weighted by Gasteiger charge is 2.23. The van der Waals surface area contributed by atoms with Crippen molar-refractivity contribution in [3.05, 3.63) is 34.4 Å². The summed E-state index contributed by atoms with van der Waals surface area (Å²) in [5.41, 5.74) is 7.83. The number of nitrogens with one attached hydrogen (secondary N) is 1. The van der Waals surface area contributed by atoms with Crippen LogP contribution in [0, 0.1) is 0 Å². The minimum absolute atomic E-state index is 0.232. The standard InChI is InChI=1S/C16H16BN3O2/c17-9-3-6-12-11(7-9)13-14(22-12)16(21)20-15(19-13)8-1-4-10(18)5-2-8/h3,6-8,10H,1-2,4-5,18H2,(H,19,20,21). The summed E-state index contributed by atoms with van der Waals surface area (Å²) in [4.78, 5) is 19.9. The fourth-order valence-electron chi connectivity index (χ4n) is 3.27. The first-order chi connectivity index (χ1) is 10.6. The number of H-pyrrole nitrogens is 1. The van der Waals surface area contributed by atoms with Crippen LogP contribution >= 0.6 is 0 Å². The van der Waals surface area contributed by atoms with E-state index in [4.69, 9.17) is 18.0 Å². The molecule has 4 rings (SSSR count). The van der Waals surface area contributed by atoms with Crippen LogP contribution in [0.3, 0.4) is 0 Å². The minimum atomic E-state index is -0.232. The molecule has 6 heteroatoms. The van der Waals surface area contributed by atoms with Crippen molar-refractivity contribution in [2.24, 2.45) is 5.73 Å². The van der Waals surface area contributed by atoms with E-state index in [1.54, 1.807) is 18.2 Å². The number of aromatic amines is 1. The second-order valence-corrected chi connectivity index (χ2v) is 6.10. The molecule has 0 spiro atoms. The largest absolute Gasteiger partial charge is 0.449 e. The summed E-state index contributed by atoms with van der Waals surface area (Å²) >= 11 is 0. The third kappa shape index (κ3) is 2.15. The SMILES string of the molecule is [B]c1ccc2oc3c(=O)[nH]c(C4CCC(N)CC4)nc3c2c1. The predicted octanol–water partition coefficient (Wildman–Crippen LogP) is 1.45. The lowest BCUT2D eigenvalue weighted by molar-refractivity contribution is 0.385. The molecular formula is C16H16BN3O2. The maximum Gasteiger partial charge on any atom is 0.294 e. The number of aromatic nitrogens is 2. The Morgan fingerprint density at radius 1 is 1.27 bits per heavy atom. The number of rotatable bonds is 1. The molecule has 3 aromatic rings. The van der Waals surface area contributed by atoms with Gasteiger partial charge >= 0.3 is 0 Å². The van der Waals surface area contributed by atoms with E-state index in [2.05, 4.69) is 9.97 Å². The molecule has 5 nitrogen and oxygen atoms in total. The van der Waals surface area contributed by atoms with E-state index in [-0.39, 0.29) is 23.1 Å². The normalized spacial score (nSPS) is 22.4. The fourth-order valence-corrected chi connectivity index (χ4v) is 3.27. The van der Waals surface area contributed by atoms with Gasteiger partial charge < -0.3 is 15.1 Å². The van der Waals surface area contributed by atoms with Crippen LogP contribution in [0.1, 0.15) is 37.4 Å². The van der Waals surface area contributed by atoms with E-state index >= 15 is 0 Å². The Labute approximate surface area is 128 Å². The Hall–Kier alpha value is -2.08. The summed E-state index contributed by atoms with van der Waals surface area (Å²) in [6.07, 6.45) is 3.83. The van der Waals surface area contributed by atoms with Gasteiger partial charge in [0, 0.05) is 17.3 Å². The first-order valence-electron chi connectivity index (χ1n) is 7.59. The predicted molar refractivity (Wildman–Crippen MR) is 86.7 cm³/mol. The van der Waals surface area contributed by atoms with Crippen LogP contribution in [0.15, 0.2) is 27.4 Å². The molecule has 1 fully saturated rings. The molecule has 110 valence electrons. The molecule has 3 N–H and O–H groups in total. The Bertz CT molecular complexity index is 907. The zero-order chi connectivity index (χ0) is 15.3. The van der Waals surface area contributed by atoms with Crippen LogP contribution in [0.25, 0.3) is 22.1 Å². The Kier molecular flexibility index (Phi) is 3.08. The maximum absolute atomic E-state index is 12.3. The molecule has 0 aliphatic heterocycles. The number of hydrogen-bond donors (Lipinski definition) is 2. The van der Waals surface area contributed by atoms with Crippen LogP contribution in [0.5, 0.6) is 0 Å². The second-order valence-electron chi connectivity index (χ2n) is 6.10. The average Bonchev–Trinajstić information content (AvgIpc) is 2.87. The van der Waals surface area contributed by atoms with Crippen molar-refractivity contribution in [2.45, 2.75) is 37.6 Å². The molecule has 22 heavy (non-hydrogen) atoms. The Morgan fingerprint density at radius 2 is 2.05 bits per heavy atom. The molecule has 0 amide bonds. The zero-order valence-corrected chi connectivity index (χ0v) is 12.1. The molecule has 1 saturated carbocycles. The molecule has 1 aliphatic rings. The van der Waals surface area contributed by atoms with Crippen molar-refractivity contribution < 1.29 is 4.42 Å². The summed E-state index contributed by atoms with van der Waals surface area (Å²) < 4.78 is 5.62. The van der Waals surface area contributed by atoms with Gasteiger partial charge in [0.05, 0.1) is 0 Å². The summed E-state index contributed by atoms with van der Waals surface area (Å²) in [6.45, 7) is 0. The van der Waals surface area contributed by atoms with Crippen molar-refractivity contribution in [3.8, 4) is 0 Å². The van der Waals surface area contributed by atoms with Gasteiger partial charge in [0.1, 0.15) is 24.8 Å². The number of nitrogens with two attached hydrogens (primary N) is 1. The molecular weight excluding hydrogens is 277 g/mol. The quantitative estimate of drug-likeness (QED) is 0.665. The molecule has 2 radical (unpaired) electrons. The molecule has 0 bridgehead atoms. The van der Waals surface area contributed by atoms with Crippen LogP contribution in [-0.4, -0.2) is 23.9 Å². The van der Waals surface area contributed by atoms with Gasteiger partial charge in [-0.25, -0.2) is 4.98 Å². The van der Waals surface area contributed by atoms with E-state index in [1.807, 2.05) is 0 Å². The zero-order valence-electron chi connectivity index (χ0n) is 12.1. The highest BCUT2D eigenvalue weighted by atomic mass is 16.3. The van der Waals surface area contributed by atoms with Gasteiger partial charge in [-0.1, -0.05) is 17.6 Å². The average molecular weight is 293 g/mol. The first kappa shape index (κ1) is 13.6. The van der Waals surface area contributed by atoms with Gasteiger partial charge in [0.15, 0.2) is 0 Å². The summed E-state index contributed by atoms with van der Waals surface area (Å²) in [5, 5.41) is 0.787. The van der Waals surface area contributed by atoms with Gasteiger partial charge in [-0.05, 0) is 31.7 Å². The van der Waals surface area contributed by atoms with E-state index in [0.29, 0.717) is 16.6 Å². The van der Waals surface area contributed by atoms with E-state index in [1.165, 1.54) is 0 Å². The Balaban J connectivity index is 1.89. The van der Waals surface area contributed by atoms with E-state index in [0.717, 1.165) is 36.9 Å². The lowest BCUT2D eigenvalue weighted by Crippen LogP contribution is -2.27. The molecule has 1 aromatic carbocycles. The number of furan rings is 1. The molecule has 0 unspecified atom stereocenters. The van der Waals surface area contributed by atoms with Gasteiger partial charge in [0.25, 0.3) is 5.56 Å². The summed E-state index contributed by atoms with van der Waals surface area (Å²) in [5.74, 6) is 0.984. The molecule has 0 atom stereocenters. The van der Waals surface area contributed by atoms with Gasteiger partial charge in [-0.2, -0.15) is 0 Å². The van der Waals surface area contributed by atoms with E-state index < -0.39 is 0 Å². The smallest absolute Gasteiger partial charge is 0.294 e. The number of benzene rings is 1. The summed E-state index contributed by atoms with van der Waals surface area (Å²) in [6, 6.07) is 5.59. The highest BCUT2D eigenvalue weighted by Crippen LogP contribution is 2.31. The highest BCUT2D eigenvalue weighted by molar-refractivity contribution is 6.33. The number of nitrogens with zero attached hydrogens (tertiary/aromatic N) is 1. The van der Waals surface area contributed by atoms with Crippen LogP contribution in [0.2, 0.25) is 0 Å². The van der Waals surface area contributed by atoms with Crippen molar-refractivity contribution in [3.63, 3.8) is 0 Å². The van der Waals surface area contributed by atoms with E-state index in [9.17, 15) is 4.79 Å². The monoisotopic (exact) mass is 293 g/mol. The molecule has 2 heterocycles. The molecule has 2 aromatic heterocycles. The van der Waals surface area contributed by atoms with Crippen molar-refractivity contribution in [1.29, 1.82) is 0 Å². The maximum atomic E-state index is 12.3. The van der Waals surface area contributed by atoms with Crippen LogP contribution in [-0.2, 0) is 0 Å². The molecule has 0 saturated heterocycles. The summed E-state index contributed by atoms with van der Waals surface area (Å²) in [7, 11) is 5.84. The third-order valence-corrected chi connectivity index (χ3v) is 4.52. The topological polar surface area (TPSA) is 84.9 Å². The lowest BCUT2D eigenvalue weighted by atomic mass is 9.86. The van der Waals surface area contributed by atoms with Gasteiger partial charge in [-0.3, -0.25) is 4.79 Å². The van der Waals surface area contributed by atoms with Gasteiger partial charge in [-0.15, -0.1) is 0 Å².